The standard InChI is InChI=1S/C17H18N4O2S/c1-2-14-5-9-17(10-6-14)24(22,23)20-16-7-3-15(4-8-16)11-21-13-18-12-19-21/h3-10,12-13,20H,2,11H2,1H3. The normalized spacial score (nSPS) is 11.4. The summed E-state index contributed by atoms with van der Waals surface area (Å²) in [5, 5.41) is 4.04. The summed E-state index contributed by atoms with van der Waals surface area (Å²) < 4.78 is 29.1. The van der Waals surface area contributed by atoms with E-state index < -0.39 is 10.0 Å². The molecule has 0 amide bonds. The maximum atomic E-state index is 12.4. The van der Waals surface area contributed by atoms with Crippen molar-refractivity contribution in [2.45, 2.75) is 24.8 Å². The van der Waals surface area contributed by atoms with Crippen molar-refractivity contribution in [3.8, 4) is 0 Å². The lowest BCUT2D eigenvalue weighted by molar-refractivity contribution is 0.601. The molecule has 0 aliphatic rings. The molecule has 3 rings (SSSR count). The number of aromatic nitrogens is 3. The largest absolute Gasteiger partial charge is 0.280 e. The molecule has 24 heavy (non-hydrogen) atoms. The number of sulfonamides is 1. The monoisotopic (exact) mass is 342 g/mol. The van der Waals surface area contributed by atoms with E-state index in [1.165, 1.54) is 6.33 Å². The van der Waals surface area contributed by atoms with E-state index in [0.29, 0.717) is 12.2 Å². The summed E-state index contributed by atoms with van der Waals surface area (Å²) in [7, 11) is -3.58. The van der Waals surface area contributed by atoms with Gasteiger partial charge in [-0.3, -0.25) is 4.72 Å². The quantitative estimate of drug-likeness (QED) is 0.747. The fourth-order valence-corrected chi connectivity index (χ4v) is 3.36. The number of benzene rings is 2. The van der Waals surface area contributed by atoms with E-state index in [-0.39, 0.29) is 4.90 Å². The van der Waals surface area contributed by atoms with Gasteiger partial charge in [0, 0.05) is 5.69 Å². The molecule has 0 radical (unpaired) electrons. The molecule has 0 spiro atoms. The molecule has 6 nitrogen and oxygen atoms in total. The summed E-state index contributed by atoms with van der Waals surface area (Å²) in [6.07, 6.45) is 3.99. The average molecular weight is 342 g/mol. The molecule has 0 aliphatic carbocycles. The van der Waals surface area contributed by atoms with Crippen molar-refractivity contribution in [1.82, 2.24) is 14.8 Å². The van der Waals surface area contributed by atoms with Gasteiger partial charge in [-0.1, -0.05) is 31.2 Å². The SMILES string of the molecule is CCc1ccc(S(=O)(=O)Nc2ccc(Cn3cncn3)cc2)cc1. The van der Waals surface area contributed by atoms with Crippen LogP contribution in [0.5, 0.6) is 0 Å². The Morgan fingerprint density at radius 3 is 2.25 bits per heavy atom. The van der Waals surface area contributed by atoms with Crippen LogP contribution >= 0.6 is 0 Å². The van der Waals surface area contributed by atoms with E-state index in [1.54, 1.807) is 35.3 Å². The molecular formula is C17H18N4O2S. The topological polar surface area (TPSA) is 76.9 Å². The van der Waals surface area contributed by atoms with Gasteiger partial charge in [0.25, 0.3) is 10.0 Å². The van der Waals surface area contributed by atoms with E-state index in [4.69, 9.17) is 0 Å². The fourth-order valence-electron chi connectivity index (χ4n) is 2.30. The molecule has 124 valence electrons. The summed E-state index contributed by atoms with van der Waals surface area (Å²) in [6, 6.07) is 14.1. The molecule has 1 heterocycles. The predicted octanol–water partition coefficient (Wildman–Crippen LogP) is 2.69. The first kappa shape index (κ1) is 16.2. The van der Waals surface area contributed by atoms with Gasteiger partial charge >= 0.3 is 0 Å². The van der Waals surface area contributed by atoms with Crippen LogP contribution < -0.4 is 4.72 Å². The lowest BCUT2D eigenvalue weighted by atomic mass is 10.2. The molecule has 3 aromatic rings. The fraction of sp³-hybridized carbons (Fsp3) is 0.176. The Kier molecular flexibility index (Phi) is 4.61. The second-order valence-electron chi connectivity index (χ2n) is 5.39. The van der Waals surface area contributed by atoms with Crippen molar-refractivity contribution >= 4 is 15.7 Å². The highest BCUT2D eigenvalue weighted by Gasteiger charge is 2.13. The van der Waals surface area contributed by atoms with Crippen LogP contribution in [-0.4, -0.2) is 23.2 Å². The lowest BCUT2D eigenvalue weighted by Crippen LogP contribution is -2.13. The third kappa shape index (κ3) is 3.80. The van der Waals surface area contributed by atoms with Gasteiger partial charge in [-0.15, -0.1) is 0 Å². The molecule has 0 fully saturated rings. The van der Waals surface area contributed by atoms with Crippen LogP contribution in [-0.2, 0) is 23.0 Å². The molecule has 0 saturated carbocycles. The number of anilines is 1. The Labute approximate surface area is 141 Å². The maximum Gasteiger partial charge on any atom is 0.261 e. The second kappa shape index (κ2) is 6.84. The third-order valence-corrected chi connectivity index (χ3v) is 5.06. The van der Waals surface area contributed by atoms with Gasteiger partial charge in [0.15, 0.2) is 0 Å². The number of hydrogen-bond donors (Lipinski definition) is 1. The molecule has 0 unspecified atom stereocenters. The predicted molar refractivity (Wildman–Crippen MR) is 92.2 cm³/mol. The molecule has 0 aliphatic heterocycles. The van der Waals surface area contributed by atoms with Crippen molar-refractivity contribution in [3.63, 3.8) is 0 Å². The highest BCUT2D eigenvalue weighted by molar-refractivity contribution is 7.92. The van der Waals surface area contributed by atoms with E-state index in [1.807, 2.05) is 31.2 Å². The highest BCUT2D eigenvalue weighted by Crippen LogP contribution is 2.17. The van der Waals surface area contributed by atoms with Crippen LogP contribution in [0.3, 0.4) is 0 Å². The van der Waals surface area contributed by atoms with E-state index in [9.17, 15) is 8.42 Å². The first-order chi connectivity index (χ1) is 11.6. The summed E-state index contributed by atoms with van der Waals surface area (Å²) in [4.78, 5) is 4.15. The van der Waals surface area contributed by atoms with E-state index >= 15 is 0 Å². The number of nitrogens with one attached hydrogen (secondary N) is 1. The van der Waals surface area contributed by atoms with Crippen LogP contribution in [0.15, 0.2) is 66.1 Å². The minimum atomic E-state index is -3.58. The molecular weight excluding hydrogens is 324 g/mol. The van der Waals surface area contributed by atoms with Gasteiger partial charge in [0.2, 0.25) is 0 Å². The molecule has 0 atom stereocenters. The summed E-state index contributed by atoms with van der Waals surface area (Å²) in [5.41, 5.74) is 2.64. The number of aryl methyl sites for hydroxylation is 1. The van der Waals surface area contributed by atoms with Crippen LogP contribution in [0.2, 0.25) is 0 Å². The van der Waals surface area contributed by atoms with E-state index in [2.05, 4.69) is 14.8 Å². The molecule has 1 N–H and O–H groups in total. The van der Waals surface area contributed by atoms with Crippen molar-refractivity contribution in [2.24, 2.45) is 0 Å². The van der Waals surface area contributed by atoms with Crippen LogP contribution in [0.1, 0.15) is 18.1 Å². The van der Waals surface area contributed by atoms with Crippen molar-refractivity contribution < 1.29 is 8.42 Å². The van der Waals surface area contributed by atoms with Crippen LogP contribution in [0.25, 0.3) is 0 Å². The molecule has 0 saturated heterocycles. The highest BCUT2D eigenvalue weighted by atomic mass is 32.2. The van der Waals surface area contributed by atoms with Gasteiger partial charge in [0.05, 0.1) is 11.4 Å². The minimum absolute atomic E-state index is 0.256. The summed E-state index contributed by atoms with van der Waals surface area (Å²) >= 11 is 0. The van der Waals surface area contributed by atoms with Gasteiger partial charge in [-0.05, 0) is 41.8 Å². The first-order valence-electron chi connectivity index (χ1n) is 7.60. The third-order valence-electron chi connectivity index (χ3n) is 3.66. The Morgan fingerprint density at radius 2 is 1.67 bits per heavy atom. The van der Waals surface area contributed by atoms with Crippen molar-refractivity contribution in [1.29, 1.82) is 0 Å². The minimum Gasteiger partial charge on any atom is -0.280 e. The molecule has 1 aromatic heterocycles. The molecule has 0 bridgehead atoms. The van der Waals surface area contributed by atoms with Gasteiger partial charge in [-0.25, -0.2) is 18.1 Å². The smallest absolute Gasteiger partial charge is 0.261 e. The first-order valence-corrected chi connectivity index (χ1v) is 9.08. The Morgan fingerprint density at radius 1 is 1.00 bits per heavy atom. The Balaban J connectivity index is 1.72. The van der Waals surface area contributed by atoms with Crippen LogP contribution in [0.4, 0.5) is 5.69 Å². The molecule has 2 aromatic carbocycles. The summed E-state index contributed by atoms with van der Waals surface area (Å²) in [6.45, 7) is 2.62. The maximum absolute atomic E-state index is 12.4. The number of rotatable bonds is 6. The second-order valence-corrected chi connectivity index (χ2v) is 7.08. The van der Waals surface area contributed by atoms with Crippen LogP contribution in [0, 0.1) is 0 Å². The Hall–Kier alpha value is -2.67. The zero-order valence-corrected chi connectivity index (χ0v) is 14.1. The molecule has 7 heteroatoms. The Bertz CT molecular complexity index is 887. The zero-order valence-electron chi connectivity index (χ0n) is 13.3. The average Bonchev–Trinajstić information content (AvgIpc) is 3.09. The lowest BCUT2D eigenvalue weighted by Gasteiger charge is -2.09. The van der Waals surface area contributed by atoms with Gasteiger partial charge in [0.1, 0.15) is 12.7 Å². The van der Waals surface area contributed by atoms with Crippen molar-refractivity contribution in [3.05, 3.63) is 72.3 Å². The number of nitrogens with zero attached hydrogens (tertiary/aromatic N) is 3. The van der Waals surface area contributed by atoms with Gasteiger partial charge < -0.3 is 0 Å². The zero-order chi connectivity index (χ0) is 17.0. The van der Waals surface area contributed by atoms with E-state index in [0.717, 1.165) is 17.5 Å². The van der Waals surface area contributed by atoms with Gasteiger partial charge in [-0.2, -0.15) is 5.10 Å². The summed E-state index contributed by atoms with van der Waals surface area (Å²) in [5.74, 6) is 0. The number of hydrogen-bond acceptors (Lipinski definition) is 4. The van der Waals surface area contributed by atoms with Crippen molar-refractivity contribution in [2.75, 3.05) is 4.72 Å².